The summed E-state index contributed by atoms with van der Waals surface area (Å²) < 4.78 is 9.78. The van der Waals surface area contributed by atoms with Crippen LogP contribution in [0.15, 0.2) is 0 Å². The summed E-state index contributed by atoms with van der Waals surface area (Å²) in [7, 11) is 3.14. The van der Waals surface area contributed by atoms with Gasteiger partial charge < -0.3 is 14.6 Å². The summed E-state index contributed by atoms with van der Waals surface area (Å²) in [6, 6.07) is 0. The lowest BCUT2D eigenvalue weighted by atomic mass is 9.92. The van der Waals surface area contributed by atoms with Crippen LogP contribution in [0.4, 0.5) is 0 Å². The summed E-state index contributed by atoms with van der Waals surface area (Å²) in [5.74, 6) is 0.141. The lowest BCUT2D eigenvalue weighted by Crippen LogP contribution is -2.44. The molecule has 0 fully saturated rings. The van der Waals surface area contributed by atoms with Gasteiger partial charge in [-0.1, -0.05) is 13.8 Å². The first-order valence-corrected chi connectivity index (χ1v) is 3.77. The second-order valence-electron chi connectivity index (χ2n) is 3.12. The first-order chi connectivity index (χ1) is 5.06. The van der Waals surface area contributed by atoms with Gasteiger partial charge in [0.2, 0.25) is 0 Å². The quantitative estimate of drug-likeness (QED) is 0.645. The fourth-order valence-corrected chi connectivity index (χ4v) is 0.875. The molecule has 0 aliphatic carbocycles. The smallest absolute Gasteiger partial charge is 0.113 e. The van der Waals surface area contributed by atoms with Gasteiger partial charge >= 0.3 is 0 Å². The third-order valence-corrected chi connectivity index (χ3v) is 1.86. The van der Waals surface area contributed by atoms with Crippen molar-refractivity contribution in [2.75, 3.05) is 27.4 Å². The molecule has 68 valence electrons. The molecule has 0 heterocycles. The van der Waals surface area contributed by atoms with Gasteiger partial charge in [-0.3, -0.25) is 0 Å². The maximum Gasteiger partial charge on any atom is 0.113 e. The topological polar surface area (TPSA) is 38.7 Å². The van der Waals surface area contributed by atoms with Crippen LogP contribution in [0.25, 0.3) is 0 Å². The summed E-state index contributed by atoms with van der Waals surface area (Å²) in [4.78, 5) is 0. The summed E-state index contributed by atoms with van der Waals surface area (Å²) in [6.07, 6.45) is 0. The zero-order valence-corrected chi connectivity index (χ0v) is 7.76. The van der Waals surface area contributed by atoms with Crippen molar-refractivity contribution in [2.24, 2.45) is 5.92 Å². The molecule has 0 amide bonds. The molecule has 0 saturated carbocycles. The maximum atomic E-state index is 9.84. The molecule has 11 heavy (non-hydrogen) atoms. The van der Waals surface area contributed by atoms with Crippen LogP contribution >= 0.6 is 0 Å². The molecular weight excluding hydrogens is 144 g/mol. The fraction of sp³-hybridized carbons (Fsp3) is 1.00. The highest BCUT2D eigenvalue weighted by atomic mass is 16.5. The molecule has 3 heteroatoms. The molecule has 0 radical (unpaired) electrons. The minimum atomic E-state index is -0.844. The van der Waals surface area contributed by atoms with Crippen molar-refractivity contribution in [3.05, 3.63) is 0 Å². The van der Waals surface area contributed by atoms with Crippen molar-refractivity contribution >= 4 is 0 Å². The molecule has 0 saturated heterocycles. The first-order valence-electron chi connectivity index (χ1n) is 3.77. The maximum absolute atomic E-state index is 9.84. The predicted octanol–water partition coefficient (Wildman–Crippen LogP) is 0.666. The largest absolute Gasteiger partial charge is 0.385 e. The van der Waals surface area contributed by atoms with Crippen LogP contribution < -0.4 is 0 Å². The number of methoxy groups -OCH3 is 2. The van der Waals surface area contributed by atoms with E-state index in [1.807, 2.05) is 13.8 Å². The van der Waals surface area contributed by atoms with E-state index in [9.17, 15) is 5.11 Å². The highest BCUT2D eigenvalue weighted by Gasteiger charge is 2.30. The average molecular weight is 162 g/mol. The Hall–Kier alpha value is -0.120. The summed E-state index contributed by atoms with van der Waals surface area (Å²) in [5, 5.41) is 9.84. The van der Waals surface area contributed by atoms with Crippen LogP contribution in [0.3, 0.4) is 0 Å². The van der Waals surface area contributed by atoms with Gasteiger partial charge in [-0.05, 0) is 5.92 Å². The van der Waals surface area contributed by atoms with Crippen molar-refractivity contribution < 1.29 is 14.6 Å². The molecule has 1 N–H and O–H groups in total. The Morgan fingerprint density at radius 2 is 1.55 bits per heavy atom. The number of hydrogen-bond acceptors (Lipinski definition) is 3. The molecule has 0 spiro atoms. The van der Waals surface area contributed by atoms with Crippen molar-refractivity contribution in [2.45, 2.75) is 19.4 Å². The molecule has 0 bridgehead atoms. The molecule has 0 aliphatic rings. The Morgan fingerprint density at radius 3 is 1.73 bits per heavy atom. The third kappa shape index (κ3) is 3.18. The van der Waals surface area contributed by atoms with E-state index in [-0.39, 0.29) is 5.92 Å². The Balaban J connectivity index is 4.01. The van der Waals surface area contributed by atoms with E-state index in [0.29, 0.717) is 13.2 Å². The van der Waals surface area contributed by atoms with Crippen LogP contribution in [0.1, 0.15) is 13.8 Å². The molecule has 0 unspecified atom stereocenters. The summed E-state index contributed by atoms with van der Waals surface area (Å²) in [6.45, 7) is 4.52. The predicted molar refractivity (Wildman–Crippen MR) is 43.5 cm³/mol. The van der Waals surface area contributed by atoms with Crippen LogP contribution in [-0.4, -0.2) is 38.1 Å². The molecule has 3 nitrogen and oxygen atoms in total. The molecule has 0 aromatic heterocycles. The second-order valence-corrected chi connectivity index (χ2v) is 3.12. The zero-order valence-electron chi connectivity index (χ0n) is 7.76. The molecule has 0 aromatic rings. The van der Waals surface area contributed by atoms with Gasteiger partial charge in [0.05, 0.1) is 13.2 Å². The summed E-state index contributed by atoms with van der Waals surface area (Å²) >= 11 is 0. The second kappa shape index (κ2) is 4.70. The molecule has 0 rings (SSSR count). The number of hydrogen-bond donors (Lipinski definition) is 1. The minimum absolute atomic E-state index is 0.141. The first kappa shape index (κ1) is 10.9. The van der Waals surface area contributed by atoms with Gasteiger partial charge in [0, 0.05) is 14.2 Å². The SMILES string of the molecule is COCC(O)(COC)C(C)C. The highest BCUT2D eigenvalue weighted by Crippen LogP contribution is 2.17. The van der Waals surface area contributed by atoms with Crippen molar-refractivity contribution in [1.29, 1.82) is 0 Å². The van der Waals surface area contributed by atoms with Crippen LogP contribution in [0, 0.1) is 5.92 Å². The number of rotatable bonds is 5. The van der Waals surface area contributed by atoms with Crippen molar-refractivity contribution in [3.8, 4) is 0 Å². The van der Waals surface area contributed by atoms with E-state index in [4.69, 9.17) is 9.47 Å². The zero-order chi connectivity index (χ0) is 8.91. The van der Waals surface area contributed by atoms with Crippen LogP contribution in [0.5, 0.6) is 0 Å². The molecule has 0 aliphatic heterocycles. The lowest BCUT2D eigenvalue weighted by Gasteiger charge is -2.30. The third-order valence-electron chi connectivity index (χ3n) is 1.86. The Bertz CT molecular complexity index is 95.5. The highest BCUT2D eigenvalue weighted by molar-refractivity contribution is 4.80. The fourth-order valence-electron chi connectivity index (χ4n) is 0.875. The lowest BCUT2D eigenvalue weighted by molar-refractivity contribution is -0.105. The number of aliphatic hydroxyl groups is 1. The molecule has 0 atom stereocenters. The van der Waals surface area contributed by atoms with Gasteiger partial charge in [-0.25, -0.2) is 0 Å². The van der Waals surface area contributed by atoms with Gasteiger partial charge in [0.25, 0.3) is 0 Å². The average Bonchev–Trinajstić information content (AvgIpc) is 1.88. The van der Waals surface area contributed by atoms with Gasteiger partial charge in [-0.2, -0.15) is 0 Å². The van der Waals surface area contributed by atoms with Crippen LogP contribution in [-0.2, 0) is 9.47 Å². The Kier molecular flexibility index (Phi) is 4.65. The van der Waals surface area contributed by atoms with Gasteiger partial charge in [0.1, 0.15) is 5.60 Å². The van der Waals surface area contributed by atoms with E-state index in [0.717, 1.165) is 0 Å². The summed E-state index contributed by atoms with van der Waals surface area (Å²) in [5.41, 5.74) is -0.844. The van der Waals surface area contributed by atoms with E-state index < -0.39 is 5.60 Å². The minimum Gasteiger partial charge on any atom is -0.385 e. The Labute approximate surface area is 68.3 Å². The normalized spacial score (nSPS) is 12.5. The standard InChI is InChI=1S/C8H18O3/c1-7(2)8(9,5-10-3)6-11-4/h7,9H,5-6H2,1-4H3. The number of ether oxygens (including phenoxy) is 2. The van der Waals surface area contributed by atoms with E-state index in [1.54, 1.807) is 14.2 Å². The van der Waals surface area contributed by atoms with E-state index >= 15 is 0 Å². The molecule has 0 aromatic carbocycles. The van der Waals surface area contributed by atoms with Crippen molar-refractivity contribution in [1.82, 2.24) is 0 Å². The Morgan fingerprint density at radius 1 is 1.18 bits per heavy atom. The van der Waals surface area contributed by atoms with Gasteiger partial charge in [-0.15, -0.1) is 0 Å². The van der Waals surface area contributed by atoms with E-state index in [1.165, 1.54) is 0 Å². The van der Waals surface area contributed by atoms with Crippen LogP contribution in [0.2, 0.25) is 0 Å². The van der Waals surface area contributed by atoms with Gasteiger partial charge in [0.15, 0.2) is 0 Å². The van der Waals surface area contributed by atoms with E-state index in [2.05, 4.69) is 0 Å². The van der Waals surface area contributed by atoms with Crippen molar-refractivity contribution in [3.63, 3.8) is 0 Å². The molecular formula is C8H18O3. The monoisotopic (exact) mass is 162 g/mol.